The van der Waals surface area contributed by atoms with Gasteiger partial charge < -0.3 is 15.4 Å². The van der Waals surface area contributed by atoms with Gasteiger partial charge in [-0.05, 0) is 41.6 Å². The van der Waals surface area contributed by atoms with Crippen LogP contribution in [0.5, 0.6) is 5.75 Å². The topological polar surface area (TPSA) is 111 Å². The number of ether oxygens (including phenoxy) is 1. The number of benzene rings is 2. The Kier molecular flexibility index (Phi) is 5.95. The number of hydrogen-bond donors (Lipinski definition) is 2. The predicted octanol–water partition coefficient (Wildman–Crippen LogP) is 2.49. The number of para-hydroxylation sites is 1. The molecule has 0 radical (unpaired) electrons. The summed E-state index contributed by atoms with van der Waals surface area (Å²) in [6.45, 7) is -0.282. The number of amides is 2. The molecule has 12 heteroatoms. The molecule has 2 N–H and O–H groups in total. The van der Waals surface area contributed by atoms with Crippen molar-refractivity contribution in [3.05, 3.63) is 48.5 Å². The largest absolute Gasteiger partial charge is 0.497 e. The first kappa shape index (κ1) is 20.8. The summed E-state index contributed by atoms with van der Waals surface area (Å²) in [7, 11) is 1.52. The lowest BCUT2D eigenvalue weighted by Gasteiger charge is -2.10. The van der Waals surface area contributed by atoms with Gasteiger partial charge in [0, 0.05) is 11.3 Å². The average molecular weight is 420 g/mol. The lowest BCUT2D eigenvalue weighted by molar-refractivity contribution is -0.167. The molecule has 0 aliphatic heterocycles. The summed E-state index contributed by atoms with van der Waals surface area (Å²) in [5.74, 6) is -1.99. The third-order valence-corrected chi connectivity index (χ3v) is 3.79. The third-order valence-electron chi connectivity index (χ3n) is 3.79. The second-order valence-corrected chi connectivity index (χ2v) is 5.92. The molecule has 30 heavy (non-hydrogen) atoms. The molecular formula is C18H15F3N6O3. The average Bonchev–Trinajstić information content (AvgIpc) is 3.16. The smallest absolute Gasteiger partial charge is 0.471 e. The zero-order valence-corrected chi connectivity index (χ0v) is 15.5. The Labute approximate surface area is 167 Å². The molecule has 2 aromatic carbocycles. The van der Waals surface area contributed by atoms with E-state index in [1.807, 2.05) is 0 Å². The molecule has 0 aliphatic rings. The standard InChI is InChI=1S/C18H15F3N6O3/c1-30-12-8-6-11(7-9-12)22-15(28)10-27-25-16(24-26-27)13-4-2-3-5-14(13)23-17(29)18(19,20)21/h2-9H,10H2,1H3,(H,22,28)(H,23,29). The molecule has 0 aliphatic carbocycles. The predicted molar refractivity (Wildman–Crippen MR) is 99.6 cm³/mol. The van der Waals surface area contributed by atoms with Crippen LogP contribution in [0.4, 0.5) is 24.5 Å². The third kappa shape index (κ3) is 5.10. The van der Waals surface area contributed by atoms with Gasteiger partial charge in [-0.2, -0.15) is 18.0 Å². The number of anilines is 2. The molecule has 0 saturated carbocycles. The Morgan fingerprint density at radius 1 is 1.07 bits per heavy atom. The molecule has 156 valence electrons. The fraction of sp³-hybridized carbons (Fsp3) is 0.167. The molecule has 9 nitrogen and oxygen atoms in total. The number of aromatic nitrogens is 4. The number of carbonyl (C=O) groups is 2. The van der Waals surface area contributed by atoms with E-state index in [9.17, 15) is 22.8 Å². The summed E-state index contributed by atoms with van der Waals surface area (Å²) in [5.41, 5.74) is 0.514. The van der Waals surface area contributed by atoms with Crippen LogP contribution in [0.15, 0.2) is 48.5 Å². The minimum Gasteiger partial charge on any atom is -0.497 e. The maximum Gasteiger partial charge on any atom is 0.471 e. The maximum atomic E-state index is 12.5. The first-order chi connectivity index (χ1) is 14.3. The minimum absolute atomic E-state index is 0.0506. The van der Waals surface area contributed by atoms with Crippen LogP contribution in [0.2, 0.25) is 0 Å². The Morgan fingerprint density at radius 3 is 2.43 bits per heavy atom. The van der Waals surface area contributed by atoms with Crippen LogP contribution in [0.1, 0.15) is 0 Å². The number of methoxy groups -OCH3 is 1. The molecule has 3 rings (SSSR count). The van der Waals surface area contributed by atoms with Gasteiger partial charge in [0.15, 0.2) is 0 Å². The van der Waals surface area contributed by atoms with Crippen LogP contribution in [0, 0.1) is 0 Å². The van der Waals surface area contributed by atoms with Crippen LogP contribution in [-0.2, 0) is 16.1 Å². The van der Waals surface area contributed by atoms with Crippen molar-refractivity contribution >= 4 is 23.2 Å². The molecule has 0 fully saturated rings. The van der Waals surface area contributed by atoms with Gasteiger partial charge >= 0.3 is 12.1 Å². The van der Waals surface area contributed by atoms with Gasteiger partial charge in [-0.25, -0.2) is 0 Å². The van der Waals surface area contributed by atoms with Crippen molar-refractivity contribution in [2.24, 2.45) is 0 Å². The monoisotopic (exact) mass is 420 g/mol. The van der Waals surface area contributed by atoms with E-state index >= 15 is 0 Å². The fourth-order valence-corrected chi connectivity index (χ4v) is 2.40. The molecule has 1 heterocycles. The van der Waals surface area contributed by atoms with Crippen molar-refractivity contribution in [3.8, 4) is 17.1 Å². The first-order valence-electron chi connectivity index (χ1n) is 8.45. The highest BCUT2D eigenvalue weighted by Crippen LogP contribution is 2.26. The minimum atomic E-state index is -5.04. The highest BCUT2D eigenvalue weighted by atomic mass is 19.4. The number of hydrogen-bond acceptors (Lipinski definition) is 6. The van der Waals surface area contributed by atoms with Crippen molar-refractivity contribution in [1.29, 1.82) is 0 Å². The van der Waals surface area contributed by atoms with E-state index in [2.05, 4.69) is 20.7 Å². The molecule has 0 saturated heterocycles. The number of halogens is 3. The molecule has 1 aromatic heterocycles. The Hall–Kier alpha value is -3.96. The SMILES string of the molecule is COc1ccc(NC(=O)Cn2nnc(-c3ccccc3NC(=O)C(F)(F)F)n2)cc1. The van der Waals surface area contributed by atoms with Crippen LogP contribution < -0.4 is 15.4 Å². The van der Waals surface area contributed by atoms with Gasteiger partial charge in [-0.15, -0.1) is 10.2 Å². The molecule has 0 spiro atoms. The van der Waals surface area contributed by atoms with Crippen molar-refractivity contribution in [1.82, 2.24) is 20.2 Å². The lowest BCUT2D eigenvalue weighted by Crippen LogP contribution is -2.30. The second kappa shape index (κ2) is 8.59. The number of alkyl halides is 3. The zero-order chi connectivity index (χ0) is 21.7. The normalized spacial score (nSPS) is 11.1. The summed E-state index contributed by atoms with van der Waals surface area (Å²) in [5, 5.41) is 15.9. The Morgan fingerprint density at radius 2 is 1.77 bits per heavy atom. The summed E-state index contributed by atoms with van der Waals surface area (Å²) in [4.78, 5) is 24.4. The van der Waals surface area contributed by atoms with E-state index in [1.165, 1.54) is 31.4 Å². The van der Waals surface area contributed by atoms with Crippen LogP contribution in [0.3, 0.4) is 0 Å². The van der Waals surface area contributed by atoms with Crippen molar-refractivity contribution in [3.63, 3.8) is 0 Å². The first-order valence-corrected chi connectivity index (χ1v) is 8.45. The summed E-state index contributed by atoms with van der Waals surface area (Å²) >= 11 is 0. The highest BCUT2D eigenvalue weighted by Gasteiger charge is 2.39. The van der Waals surface area contributed by atoms with Gasteiger partial charge in [0.05, 0.1) is 12.8 Å². The van der Waals surface area contributed by atoms with E-state index in [0.717, 1.165) is 4.80 Å². The quantitative estimate of drug-likeness (QED) is 0.634. The van der Waals surface area contributed by atoms with Crippen LogP contribution >= 0.6 is 0 Å². The van der Waals surface area contributed by atoms with E-state index in [0.29, 0.717) is 11.4 Å². The summed E-state index contributed by atoms with van der Waals surface area (Å²) in [6.07, 6.45) is -5.04. The number of tetrazole rings is 1. The van der Waals surface area contributed by atoms with Crippen LogP contribution in [0.25, 0.3) is 11.4 Å². The summed E-state index contributed by atoms with van der Waals surface area (Å²) < 4.78 is 42.6. The molecular weight excluding hydrogens is 405 g/mol. The van der Waals surface area contributed by atoms with E-state index in [1.54, 1.807) is 29.6 Å². The second-order valence-electron chi connectivity index (χ2n) is 5.92. The molecule has 0 bridgehead atoms. The zero-order valence-electron chi connectivity index (χ0n) is 15.5. The van der Waals surface area contributed by atoms with Gasteiger partial charge in [0.25, 0.3) is 0 Å². The number of nitrogens with one attached hydrogen (secondary N) is 2. The molecule has 2 amide bonds. The molecule has 3 aromatic rings. The molecule has 0 unspecified atom stereocenters. The number of carbonyl (C=O) groups excluding carboxylic acids is 2. The van der Waals surface area contributed by atoms with Crippen molar-refractivity contribution in [2.45, 2.75) is 12.7 Å². The van der Waals surface area contributed by atoms with Gasteiger partial charge in [-0.1, -0.05) is 12.1 Å². The molecule has 0 atom stereocenters. The Balaban J connectivity index is 1.70. The van der Waals surface area contributed by atoms with Gasteiger partial charge in [0.1, 0.15) is 12.3 Å². The fourth-order valence-electron chi connectivity index (χ4n) is 2.40. The van der Waals surface area contributed by atoms with Gasteiger partial charge in [-0.3, -0.25) is 9.59 Å². The Bertz CT molecular complexity index is 1050. The number of nitrogens with zero attached hydrogens (tertiary/aromatic N) is 4. The number of rotatable bonds is 6. The van der Waals surface area contributed by atoms with Crippen LogP contribution in [-0.4, -0.2) is 45.3 Å². The van der Waals surface area contributed by atoms with E-state index < -0.39 is 18.0 Å². The summed E-state index contributed by atoms with van der Waals surface area (Å²) in [6, 6.07) is 12.3. The van der Waals surface area contributed by atoms with Gasteiger partial charge in [0.2, 0.25) is 11.7 Å². The van der Waals surface area contributed by atoms with E-state index in [-0.39, 0.29) is 23.6 Å². The van der Waals surface area contributed by atoms with Crippen molar-refractivity contribution < 1.29 is 27.5 Å². The van der Waals surface area contributed by atoms with E-state index in [4.69, 9.17) is 4.74 Å². The highest BCUT2D eigenvalue weighted by molar-refractivity contribution is 5.98. The van der Waals surface area contributed by atoms with Crippen molar-refractivity contribution in [2.75, 3.05) is 17.7 Å². The maximum absolute atomic E-state index is 12.5. The lowest BCUT2D eigenvalue weighted by atomic mass is 10.1.